The second kappa shape index (κ2) is 7.75. The summed E-state index contributed by atoms with van der Waals surface area (Å²) >= 11 is 0. The van der Waals surface area contributed by atoms with E-state index in [0.29, 0.717) is 11.3 Å². The molecule has 0 fully saturated rings. The van der Waals surface area contributed by atoms with E-state index in [1.165, 1.54) is 24.4 Å². The van der Waals surface area contributed by atoms with Crippen molar-refractivity contribution in [1.82, 2.24) is 9.97 Å². The number of hydrogen-bond acceptors (Lipinski definition) is 5. The standard InChI is InChI=1S/C19H12F3N5O/c20-19(21,22)13-6-2-4-8-15(13)25-17(28)16-9-10-24-18(27-16)26-14-7-3-1-5-12(14)11-23/h1-10H,(H,25,28)(H,24,26,27). The Morgan fingerprint density at radius 2 is 1.68 bits per heavy atom. The summed E-state index contributed by atoms with van der Waals surface area (Å²) in [5.74, 6) is -0.796. The summed E-state index contributed by atoms with van der Waals surface area (Å²) in [5.41, 5.74) is -0.685. The molecule has 28 heavy (non-hydrogen) atoms. The van der Waals surface area contributed by atoms with Crippen LogP contribution in [-0.4, -0.2) is 15.9 Å². The van der Waals surface area contributed by atoms with Crippen LogP contribution in [0.1, 0.15) is 21.6 Å². The molecule has 0 radical (unpaired) electrons. The Morgan fingerprint density at radius 3 is 2.39 bits per heavy atom. The van der Waals surface area contributed by atoms with E-state index in [0.717, 1.165) is 12.1 Å². The highest BCUT2D eigenvalue weighted by Crippen LogP contribution is 2.34. The van der Waals surface area contributed by atoms with Crippen LogP contribution in [0.4, 0.5) is 30.5 Å². The van der Waals surface area contributed by atoms with Crippen LogP contribution in [0.2, 0.25) is 0 Å². The number of nitriles is 1. The molecule has 140 valence electrons. The number of carbonyl (C=O) groups excluding carboxylic acids is 1. The number of para-hydroxylation sites is 2. The number of carbonyl (C=O) groups is 1. The molecule has 0 aliphatic carbocycles. The molecule has 1 heterocycles. The van der Waals surface area contributed by atoms with E-state index < -0.39 is 17.6 Å². The first-order valence-corrected chi connectivity index (χ1v) is 7.95. The van der Waals surface area contributed by atoms with Crippen molar-refractivity contribution in [3.8, 4) is 6.07 Å². The summed E-state index contributed by atoms with van der Waals surface area (Å²) in [6.07, 6.45) is -3.32. The Hall–Kier alpha value is -3.93. The summed E-state index contributed by atoms with van der Waals surface area (Å²) in [7, 11) is 0. The third-order valence-electron chi connectivity index (χ3n) is 3.66. The number of halogens is 3. The van der Waals surface area contributed by atoms with Crippen LogP contribution >= 0.6 is 0 Å². The number of anilines is 3. The van der Waals surface area contributed by atoms with E-state index in [1.54, 1.807) is 24.3 Å². The van der Waals surface area contributed by atoms with Crippen LogP contribution in [0.5, 0.6) is 0 Å². The van der Waals surface area contributed by atoms with Gasteiger partial charge in [0, 0.05) is 6.20 Å². The Morgan fingerprint density at radius 1 is 1.00 bits per heavy atom. The van der Waals surface area contributed by atoms with E-state index in [2.05, 4.69) is 20.6 Å². The molecular formula is C19H12F3N5O. The van der Waals surface area contributed by atoms with Gasteiger partial charge in [0.05, 0.1) is 22.5 Å². The van der Waals surface area contributed by atoms with Crippen molar-refractivity contribution in [3.63, 3.8) is 0 Å². The molecule has 0 aliphatic heterocycles. The third kappa shape index (κ3) is 4.24. The fourth-order valence-corrected chi connectivity index (χ4v) is 2.38. The lowest BCUT2D eigenvalue weighted by Gasteiger charge is -2.13. The lowest BCUT2D eigenvalue weighted by atomic mass is 10.1. The zero-order valence-electron chi connectivity index (χ0n) is 14.2. The number of rotatable bonds is 4. The Labute approximate surface area is 157 Å². The summed E-state index contributed by atoms with van der Waals surface area (Å²) in [6, 6.07) is 14.5. The summed E-state index contributed by atoms with van der Waals surface area (Å²) in [4.78, 5) is 20.3. The van der Waals surface area contributed by atoms with Crippen molar-refractivity contribution in [1.29, 1.82) is 5.26 Å². The van der Waals surface area contributed by atoms with Gasteiger partial charge in [-0.05, 0) is 30.3 Å². The average molecular weight is 383 g/mol. The summed E-state index contributed by atoms with van der Waals surface area (Å²) < 4.78 is 39.2. The van der Waals surface area contributed by atoms with Crippen LogP contribution in [0.3, 0.4) is 0 Å². The van der Waals surface area contributed by atoms with Crippen LogP contribution < -0.4 is 10.6 Å². The first-order valence-electron chi connectivity index (χ1n) is 7.95. The molecule has 3 aromatic rings. The molecule has 0 unspecified atom stereocenters. The molecule has 0 bridgehead atoms. The molecule has 9 heteroatoms. The Bertz CT molecular complexity index is 1060. The lowest BCUT2D eigenvalue weighted by Crippen LogP contribution is -2.18. The lowest BCUT2D eigenvalue weighted by molar-refractivity contribution is -0.136. The number of hydrogen-bond donors (Lipinski definition) is 2. The van der Waals surface area contributed by atoms with Crippen LogP contribution in [-0.2, 0) is 6.18 Å². The number of nitrogens with one attached hydrogen (secondary N) is 2. The van der Waals surface area contributed by atoms with Crippen molar-refractivity contribution in [2.75, 3.05) is 10.6 Å². The van der Waals surface area contributed by atoms with E-state index in [-0.39, 0.29) is 17.3 Å². The topological polar surface area (TPSA) is 90.7 Å². The maximum absolute atomic E-state index is 13.1. The number of benzene rings is 2. The molecule has 0 spiro atoms. The summed E-state index contributed by atoms with van der Waals surface area (Å²) in [6.45, 7) is 0. The van der Waals surface area contributed by atoms with Gasteiger partial charge in [0.2, 0.25) is 5.95 Å². The maximum Gasteiger partial charge on any atom is 0.418 e. The average Bonchev–Trinajstić information content (AvgIpc) is 2.68. The van der Waals surface area contributed by atoms with Gasteiger partial charge < -0.3 is 10.6 Å². The van der Waals surface area contributed by atoms with Gasteiger partial charge in [-0.1, -0.05) is 24.3 Å². The van der Waals surface area contributed by atoms with E-state index in [4.69, 9.17) is 5.26 Å². The molecule has 3 rings (SSSR count). The van der Waals surface area contributed by atoms with Crippen molar-refractivity contribution in [2.24, 2.45) is 0 Å². The molecule has 0 saturated heterocycles. The van der Waals surface area contributed by atoms with Crippen molar-refractivity contribution >= 4 is 23.2 Å². The molecule has 1 amide bonds. The largest absolute Gasteiger partial charge is 0.418 e. The quantitative estimate of drug-likeness (QED) is 0.698. The molecule has 2 aromatic carbocycles. The predicted octanol–water partition coefficient (Wildman–Crippen LogP) is 4.36. The number of nitrogens with zero attached hydrogens (tertiary/aromatic N) is 3. The molecular weight excluding hydrogens is 371 g/mol. The van der Waals surface area contributed by atoms with Gasteiger partial charge >= 0.3 is 6.18 Å². The van der Waals surface area contributed by atoms with Crippen molar-refractivity contribution in [3.05, 3.63) is 77.6 Å². The van der Waals surface area contributed by atoms with Gasteiger partial charge in [-0.3, -0.25) is 4.79 Å². The highest BCUT2D eigenvalue weighted by molar-refractivity contribution is 6.03. The van der Waals surface area contributed by atoms with E-state index in [1.807, 2.05) is 6.07 Å². The van der Waals surface area contributed by atoms with Crippen molar-refractivity contribution in [2.45, 2.75) is 6.18 Å². The summed E-state index contributed by atoms with van der Waals surface area (Å²) in [5, 5.41) is 14.1. The zero-order chi connectivity index (χ0) is 20.1. The zero-order valence-corrected chi connectivity index (χ0v) is 14.2. The molecule has 0 atom stereocenters. The normalized spacial score (nSPS) is 10.8. The Kier molecular flexibility index (Phi) is 5.22. The second-order valence-corrected chi connectivity index (χ2v) is 5.55. The van der Waals surface area contributed by atoms with Gasteiger partial charge in [0.25, 0.3) is 5.91 Å². The fourth-order valence-electron chi connectivity index (χ4n) is 2.38. The van der Waals surface area contributed by atoms with Crippen LogP contribution in [0.25, 0.3) is 0 Å². The highest BCUT2D eigenvalue weighted by Gasteiger charge is 2.33. The van der Waals surface area contributed by atoms with Gasteiger partial charge in [0.1, 0.15) is 11.8 Å². The smallest absolute Gasteiger partial charge is 0.323 e. The minimum atomic E-state index is -4.61. The predicted molar refractivity (Wildman–Crippen MR) is 95.9 cm³/mol. The fraction of sp³-hybridized carbons (Fsp3) is 0.0526. The first-order chi connectivity index (χ1) is 13.4. The minimum absolute atomic E-state index is 0.0273. The van der Waals surface area contributed by atoms with E-state index in [9.17, 15) is 18.0 Å². The molecule has 0 saturated carbocycles. The van der Waals surface area contributed by atoms with Crippen LogP contribution in [0.15, 0.2) is 60.8 Å². The number of aromatic nitrogens is 2. The van der Waals surface area contributed by atoms with Crippen molar-refractivity contribution < 1.29 is 18.0 Å². The second-order valence-electron chi connectivity index (χ2n) is 5.55. The monoisotopic (exact) mass is 383 g/mol. The van der Waals surface area contributed by atoms with Gasteiger partial charge in [-0.15, -0.1) is 0 Å². The van der Waals surface area contributed by atoms with E-state index >= 15 is 0 Å². The third-order valence-corrected chi connectivity index (χ3v) is 3.66. The number of alkyl halides is 3. The van der Waals surface area contributed by atoms with Gasteiger partial charge in [-0.25, -0.2) is 9.97 Å². The molecule has 0 aliphatic rings. The molecule has 2 N–H and O–H groups in total. The molecule has 6 nitrogen and oxygen atoms in total. The first kappa shape index (κ1) is 18.8. The highest BCUT2D eigenvalue weighted by atomic mass is 19.4. The van der Waals surface area contributed by atoms with Gasteiger partial charge in [0.15, 0.2) is 0 Å². The maximum atomic E-state index is 13.1. The Balaban J connectivity index is 1.83. The SMILES string of the molecule is N#Cc1ccccc1Nc1nccc(C(=O)Nc2ccccc2C(F)(F)F)n1. The van der Waals surface area contributed by atoms with Gasteiger partial charge in [-0.2, -0.15) is 18.4 Å². The number of amides is 1. The molecule has 1 aromatic heterocycles. The minimum Gasteiger partial charge on any atom is -0.323 e. The van der Waals surface area contributed by atoms with Crippen LogP contribution in [0, 0.1) is 11.3 Å².